The number of hydrogen-bond acceptors (Lipinski definition) is 6. The molecule has 0 fully saturated rings. The van der Waals surface area contributed by atoms with E-state index in [1.807, 2.05) is 0 Å². The van der Waals surface area contributed by atoms with E-state index in [1.165, 1.54) is 148 Å². The summed E-state index contributed by atoms with van der Waals surface area (Å²) in [5.41, 5.74) is 0. The number of ether oxygens (including phenoxy) is 3. The van der Waals surface area contributed by atoms with E-state index in [-0.39, 0.29) is 37.5 Å². The highest BCUT2D eigenvalue weighted by Crippen LogP contribution is 2.15. The molecule has 0 aliphatic heterocycles. The molecule has 0 N–H and O–H groups in total. The van der Waals surface area contributed by atoms with E-state index >= 15 is 0 Å². The maximum absolute atomic E-state index is 12.9. The highest BCUT2D eigenvalue weighted by atomic mass is 16.6. The van der Waals surface area contributed by atoms with Crippen LogP contribution in [0.3, 0.4) is 0 Å². The number of unbranched alkanes of at least 4 members (excludes halogenated alkanes) is 27. The molecule has 1 atom stereocenters. The van der Waals surface area contributed by atoms with Crippen molar-refractivity contribution in [2.75, 3.05) is 13.2 Å². The van der Waals surface area contributed by atoms with E-state index in [2.05, 4.69) is 118 Å². The van der Waals surface area contributed by atoms with Crippen molar-refractivity contribution in [1.29, 1.82) is 0 Å². The molecule has 0 aliphatic rings. The molecule has 0 amide bonds. The molecular formula is C66H112O6. The van der Waals surface area contributed by atoms with Gasteiger partial charge < -0.3 is 14.2 Å². The average Bonchev–Trinajstić information content (AvgIpc) is 3.38. The van der Waals surface area contributed by atoms with Gasteiger partial charge in [0.2, 0.25) is 0 Å². The molecule has 0 heterocycles. The van der Waals surface area contributed by atoms with Gasteiger partial charge in [-0.15, -0.1) is 0 Å². The van der Waals surface area contributed by atoms with E-state index in [0.717, 1.165) is 89.9 Å². The summed E-state index contributed by atoms with van der Waals surface area (Å²) in [5.74, 6) is -0.957. The second-order valence-corrected chi connectivity index (χ2v) is 19.9. The quantitative estimate of drug-likeness (QED) is 0.0261. The summed E-state index contributed by atoms with van der Waals surface area (Å²) in [7, 11) is 0. The van der Waals surface area contributed by atoms with Crippen molar-refractivity contribution in [2.45, 2.75) is 290 Å². The third-order valence-electron chi connectivity index (χ3n) is 12.8. The molecule has 0 radical (unpaired) electrons. The zero-order chi connectivity index (χ0) is 52.2. The molecule has 72 heavy (non-hydrogen) atoms. The van der Waals surface area contributed by atoms with Gasteiger partial charge in [0.15, 0.2) is 6.10 Å². The molecule has 1 unspecified atom stereocenters. The van der Waals surface area contributed by atoms with Gasteiger partial charge in [-0.25, -0.2) is 0 Å². The minimum Gasteiger partial charge on any atom is -0.462 e. The third kappa shape index (κ3) is 57.2. The Hall–Kier alpha value is -3.67. The van der Waals surface area contributed by atoms with Crippen molar-refractivity contribution in [3.63, 3.8) is 0 Å². The van der Waals surface area contributed by atoms with Crippen LogP contribution in [0.4, 0.5) is 0 Å². The predicted molar refractivity (Wildman–Crippen MR) is 311 cm³/mol. The van der Waals surface area contributed by atoms with Crippen molar-refractivity contribution in [3.8, 4) is 0 Å². The largest absolute Gasteiger partial charge is 0.462 e. The van der Waals surface area contributed by atoms with Crippen LogP contribution in [-0.2, 0) is 28.6 Å². The van der Waals surface area contributed by atoms with Crippen LogP contribution in [0, 0.1) is 0 Å². The molecule has 0 saturated heterocycles. The topological polar surface area (TPSA) is 78.9 Å². The van der Waals surface area contributed by atoms with Gasteiger partial charge in [0.05, 0.1) is 0 Å². The summed E-state index contributed by atoms with van der Waals surface area (Å²) in [6.45, 7) is 6.46. The smallest absolute Gasteiger partial charge is 0.306 e. The maximum atomic E-state index is 12.9. The van der Waals surface area contributed by atoms with Gasteiger partial charge in [-0.3, -0.25) is 14.4 Å². The zero-order valence-corrected chi connectivity index (χ0v) is 47.2. The number of allylic oxidation sites excluding steroid dienone is 16. The summed E-state index contributed by atoms with van der Waals surface area (Å²) < 4.78 is 16.8. The Morgan fingerprint density at radius 1 is 0.292 bits per heavy atom. The van der Waals surface area contributed by atoms with Gasteiger partial charge in [-0.2, -0.15) is 0 Å². The third-order valence-corrected chi connectivity index (χ3v) is 12.8. The minimum atomic E-state index is -0.800. The Bertz CT molecular complexity index is 1430. The normalized spacial score (nSPS) is 12.8. The average molecular weight is 1000 g/mol. The van der Waals surface area contributed by atoms with E-state index < -0.39 is 6.10 Å². The van der Waals surface area contributed by atoms with Crippen LogP contribution in [0.2, 0.25) is 0 Å². The standard InChI is InChI=1S/C66H112O6/c1-4-7-10-13-16-19-21-23-25-27-29-31-33-35-37-39-41-43-45-47-50-53-56-59-65(68)71-62-63(61-70-64(67)58-55-52-49-18-15-12-9-6-3)72-66(69)60-57-54-51-48-46-44-42-40-38-36-34-32-30-28-26-24-22-20-17-14-11-8-5-2/h7,10,16,19,23,25,28-31,35,37,41,43,47,50,63H,4-6,8-9,11-15,17-18,20-22,24,26-27,32-34,36,38-40,42,44-46,48-49,51-62H2,1-3H3/b10-7-,19-16-,25-23-,30-28-,31-29-,37-35-,43-41-,50-47-. The van der Waals surface area contributed by atoms with Gasteiger partial charge in [0.25, 0.3) is 0 Å². The van der Waals surface area contributed by atoms with Gasteiger partial charge >= 0.3 is 17.9 Å². The molecule has 0 aromatic rings. The van der Waals surface area contributed by atoms with E-state index in [9.17, 15) is 14.4 Å². The highest BCUT2D eigenvalue weighted by Gasteiger charge is 2.19. The van der Waals surface area contributed by atoms with Crippen LogP contribution in [0.1, 0.15) is 284 Å². The van der Waals surface area contributed by atoms with Crippen molar-refractivity contribution in [3.05, 3.63) is 97.2 Å². The Kier molecular flexibility index (Phi) is 56.8. The number of esters is 3. The summed E-state index contributed by atoms with van der Waals surface area (Å²) in [4.78, 5) is 38.0. The first-order chi connectivity index (χ1) is 35.5. The van der Waals surface area contributed by atoms with Gasteiger partial charge in [-0.05, 0) is 96.3 Å². The molecule has 0 saturated carbocycles. The minimum absolute atomic E-state index is 0.0946. The van der Waals surface area contributed by atoms with Crippen LogP contribution in [0.25, 0.3) is 0 Å². The van der Waals surface area contributed by atoms with Crippen molar-refractivity contribution >= 4 is 17.9 Å². The molecule has 0 aromatic heterocycles. The second-order valence-electron chi connectivity index (χ2n) is 19.9. The van der Waals surface area contributed by atoms with Gasteiger partial charge in [0, 0.05) is 19.3 Å². The van der Waals surface area contributed by atoms with Crippen molar-refractivity contribution in [1.82, 2.24) is 0 Å². The van der Waals surface area contributed by atoms with E-state index in [1.54, 1.807) is 0 Å². The van der Waals surface area contributed by atoms with Gasteiger partial charge in [-0.1, -0.05) is 266 Å². The van der Waals surface area contributed by atoms with Crippen molar-refractivity contribution < 1.29 is 28.6 Å². The van der Waals surface area contributed by atoms with Crippen molar-refractivity contribution in [2.24, 2.45) is 0 Å². The number of rotatable bonds is 54. The van der Waals surface area contributed by atoms with Gasteiger partial charge in [0.1, 0.15) is 13.2 Å². The van der Waals surface area contributed by atoms with E-state index in [0.29, 0.717) is 19.3 Å². The summed E-state index contributed by atoms with van der Waals surface area (Å²) in [6, 6.07) is 0. The van der Waals surface area contributed by atoms with Crippen LogP contribution in [-0.4, -0.2) is 37.2 Å². The molecular weight excluding hydrogens is 889 g/mol. The number of hydrogen-bond donors (Lipinski definition) is 0. The fourth-order valence-corrected chi connectivity index (χ4v) is 8.31. The van der Waals surface area contributed by atoms with Crippen LogP contribution >= 0.6 is 0 Å². The molecule has 0 aromatic carbocycles. The molecule has 0 spiro atoms. The first-order valence-corrected chi connectivity index (χ1v) is 30.2. The number of carbonyl (C=O) groups excluding carboxylic acids is 3. The zero-order valence-electron chi connectivity index (χ0n) is 47.2. The highest BCUT2D eigenvalue weighted by molar-refractivity contribution is 5.71. The van der Waals surface area contributed by atoms with E-state index in [4.69, 9.17) is 14.2 Å². The monoisotopic (exact) mass is 1000 g/mol. The Morgan fingerprint density at radius 3 is 0.917 bits per heavy atom. The fraction of sp³-hybridized carbons (Fsp3) is 0.712. The first kappa shape index (κ1) is 68.3. The Morgan fingerprint density at radius 2 is 0.556 bits per heavy atom. The summed E-state index contributed by atoms with van der Waals surface area (Å²) >= 11 is 0. The summed E-state index contributed by atoms with van der Waals surface area (Å²) in [5, 5.41) is 0. The van der Waals surface area contributed by atoms with Crippen LogP contribution in [0.5, 0.6) is 0 Å². The number of carbonyl (C=O) groups is 3. The second kappa shape index (κ2) is 59.9. The van der Waals surface area contributed by atoms with Crippen LogP contribution in [0.15, 0.2) is 97.2 Å². The predicted octanol–water partition coefficient (Wildman–Crippen LogP) is 20.5. The SMILES string of the molecule is CC/C=C\C/C=C\C/C=C\C/C=C\C/C=C\C/C=C\C/C=C\CCCC(=O)OCC(COC(=O)CCCCCCCCCC)OC(=O)CCCCCCCCCCCCC/C=C\CCCCCCCCCC. The fourth-order valence-electron chi connectivity index (χ4n) is 8.31. The molecule has 0 aliphatic carbocycles. The molecule has 412 valence electrons. The Labute approximate surface area is 445 Å². The first-order valence-electron chi connectivity index (χ1n) is 30.2. The molecule has 0 bridgehead atoms. The Balaban J connectivity index is 4.31. The lowest BCUT2D eigenvalue weighted by molar-refractivity contribution is -0.167. The lowest BCUT2D eigenvalue weighted by atomic mass is 10.0. The van der Waals surface area contributed by atoms with Crippen LogP contribution < -0.4 is 0 Å². The molecule has 0 rings (SSSR count). The lowest BCUT2D eigenvalue weighted by Crippen LogP contribution is -2.30. The molecule has 6 heteroatoms. The summed E-state index contributed by atoms with van der Waals surface area (Å²) in [6.07, 6.45) is 80.0. The maximum Gasteiger partial charge on any atom is 0.306 e. The molecule has 6 nitrogen and oxygen atoms in total. The lowest BCUT2D eigenvalue weighted by Gasteiger charge is -2.18.